The smallest absolute Gasteiger partial charge is 0.310 e. The molecule has 0 radical (unpaired) electrons. The Morgan fingerprint density at radius 3 is 2.38 bits per heavy atom. The lowest BCUT2D eigenvalue weighted by Crippen LogP contribution is -2.35. The van der Waals surface area contributed by atoms with Crippen LogP contribution in [-0.4, -0.2) is 44.1 Å². The van der Waals surface area contributed by atoms with E-state index in [1.165, 1.54) is 7.11 Å². The number of ether oxygens (including phenoxy) is 2. The molecule has 0 aromatic heterocycles. The number of rotatable bonds is 7. The molecule has 116 valence electrons. The number of nitrogens with zero attached hydrogens (tertiary/aromatic N) is 1. The van der Waals surface area contributed by atoms with Gasteiger partial charge in [-0.25, -0.2) is 0 Å². The van der Waals surface area contributed by atoms with E-state index in [0.717, 1.165) is 11.3 Å². The monoisotopic (exact) mass is 293 g/mol. The van der Waals surface area contributed by atoms with Crippen LogP contribution in [0.1, 0.15) is 19.4 Å². The highest BCUT2D eigenvalue weighted by Crippen LogP contribution is 2.13. The van der Waals surface area contributed by atoms with Crippen LogP contribution in [0.4, 0.5) is 0 Å². The van der Waals surface area contributed by atoms with Crippen LogP contribution < -0.4 is 4.74 Å². The molecule has 0 spiro atoms. The number of methoxy groups -OCH3 is 1. The summed E-state index contributed by atoms with van der Waals surface area (Å²) in [5.74, 6) is 0.122. The number of amides is 1. The quantitative estimate of drug-likeness (QED) is 0.720. The fraction of sp³-hybridized carbons (Fsp3) is 0.500. The van der Waals surface area contributed by atoms with Crippen molar-refractivity contribution in [3.63, 3.8) is 0 Å². The van der Waals surface area contributed by atoms with E-state index in [1.807, 2.05) is 31.2 Å². The normalized spacial score (nSPS) is 11.6. The average molecular weight is 293 g/mol. The Hall–Kier alpha value is -2.04. The molecular weight excluding hydrogens is 270 g/mol. The topological polar surface area (TPSA) is 55.8 Å². The second kappa shape index (κ2) is 8.29. The van der Waals surface area contributed by atoms with Crippen LogP contribution in [0.3, 0.4) is 0 Å². The Bertz CT molecular complexity index is 470. The van der Waals surface area contributed by atoms with Crippen LogP contribution in [0.15, 0.2) is 24.3 Å². The summed E-state index contributed by atoms with van der Waals surface area (Å²) < 4.78 is 10.0. The number of benzene rings is 1. The molecule has 1 aromatic rings. The van der Waals surface area contributed by atoms with Crippen molar-refractivity contribution in [3.05, 3.63) is 29.8 Å². The first-order chi connectivity index (χ1) is 9.97. The van der Waals surface area contributed by atoms with Crippen LogP contribution in [0, 0.1) is 5.92 Å². The standard InChI is InChI=1S/C16H23NO4/c1-5-21-14-8-6-13(7-9-14)10-15(18)17(3)11-12(2)16(19)20-4/h6-9,12H,5,10-11H2,1-4H3. The summed E-state index contributed by atoms with van der Waals surface area (Å²) in [6.45, 7) is 4.64. The maximum Gasteiger partial charge on any atom is 0.310 e. The van der Waals surface area contributed by atoms with Gasteiger partial charge in [0, 0.05) is 13.6 Å². The summed E-state index contributed by atoms with van der Waals surface area (Å²) >= 11 is 0. The molecule has 1 unspecified atom stereocenters. The largest absolute Gasteiger partial charge is 0.494 e. The van der Waals surface area contributed by atoms with Crippen molar-refractivity contribution in [1.29, 1.82) is 0 Å². The SMILES string of the molecule is CCOc1ccc(CC(=O)N(C)CC(C)C(=O)OC)cc1. The van der Waals surface area contributed by atoms with E-state index >= 15 is 0 Å². The predicted molar refractivity (Wildman–Crippen MR) is 80.1 cm³/mol. The van der Waals surface area contributed by atoms with Crippen LogP contribution in [0.5, 0.6) is 5.75 Å². The first-order valence-electron chi connectivity index (χ1n) is 7.01. The average Bonchev–Trinajstić information content (AvgIpc) is 2.48. The number of carbonyl (C=O) groups excluding carboxylic acids is 2. The van der Waals surface area contributed by atoms with Gasteiger partial charge in [0.2, 0.25) is 5.91 Å². The molecule has 1 atom stereocenters. The third kappa shape index (κ3) is 5.45. The first kappa shape index (κ1) is 17.0. The third-order valence-electron chi connectivity index (χ3n) is 3.17. The van der Waals surface area contributed by atoms with Gasteiger partial charge in [0.25, 0.3) is 0 Å². The minimum absolute atomic E-state index is 0.0325. The summed E-state index contributed by atoms with van der Waals surface area (Å²) in [4.78, 5) is 25.0. The van der Waals surface area contributed by atoms with E-state index in [1.54, 1.807) is 18.9 Å². The summed E-state index contributed by atoms with van der Waals surface area (Å²) in [5.41, 5.74) is 0.918. The molecule has 0 fully saturated rings. The lowest BCUT2D eigenvalue weighted by molar-refractivity contribution is -0.146. The van der Waals surface area contributed by atoms with Gasteiger partial charge in [-0.2, -0.15) is 0 Å². The molecule has 0 saturated carbocycles. The van der Waals surface area contributed by atoms with E-state index < -0.39 is 0 Å². The van der Waals surface area contributed by atoms with Crippen LogP contribution in [0.25, 0.3) is 0 Å². The van der Waals surface area contributed by atoms with Gasteiger partial charge in [-0.15, -0.1) is 0 Å². The zero-order chi connectivity index (χ0) is 15.8. The zero-order valence-electron chi connectivity index (χ0n) is 13.1. The molecule has 0 aliphatic carbocycles. The Labute approximate surface area is 125 Å². The van der Waals surface area contributed by atoms with Crippen molar-refractivity contribution < 1.29 is 19.1 Å². The highest BCUT2D eigenvalue weighted by molar-refractivity contribution is 5.79. The van der Waals surface area contributed by atoms with E-state index in [-0.39, 0.29) is 17.8 Å². The predicted octanol–water partition coefficient (Wildman–Crippen LogP) is 1.90. The first-order valence-corrected chi connectivity index (χ1v) is 7.01. The van der Waals surface area contributed by atoms with E-state index in [4.69, 9.17) is 4.74 Å². The number of hydrogen-bond donors (Lipinski definition) is 0. The van der Waals surface area contributed by atoms with Gasteiger partial charge < -0.3 is 14.4 Å². The molecule has 1 rings (SSSR count). The molecule has 1 aromatic carbocycles. The van der Waals surface area contributed by atoms with Gasteiger partial charge in [0.05, 0.1) is 26.1 Å². The highest BCUT2D eigenvalue weighted by atomic mass is 16.5. The fourth-order valence-corrected chi connectivity index (χ4v) is 1.97. The Kier molecular flexibility index (Phi) is 6.72. The molecule has 1 amide bonds. The highest BCUT2D eigenvalue weighted by Gasteiger charge is 2.18. The number of likely N-dealkylation sites (N-methyl/N-ethyl adjacent to an activating group) is 1. The molecular formula is C16H23NO4. The second-order valence-corrected chi connectivity index (χ2v) is 4.95. The molecule has 0 N–H and O–H groups in total. The maximum absolute atomic E-state index is 12.1. The minimum atomic E-state index is -0.329. The zero-order valence-corrected chi connectivity index (χ0v) is 13.1. The molecule has 0 aliphatic heterocycles. The molecule has 0 heterocycles. The van der Waals surface area contributed by atoms with E-state index in [9.17, 15) is 9.59 Å². The van der Waals surface area contributed by atoms with Crippen molar-refractivity contribution in [2.75, 3.05) is 27.3 Å². The number of carbonyl (C=O) groups is 2. The lowest BCUT2D eigenvalue weighted by atomic mass is 10.1. The van der Waals surface area contributed by atoms with Gasteiger partial charge in [-0.05, 0) is 24.6 Å². The fourth-order valence-electron chi connectivity index (χ4n) is 1.97. The molecule has 5 nitrogen and oxygen atoms in total. The minimum Gasteiger partial charge on any atom is -0.494 e. The molecule has 0 saturated heterocycles. The number of esters is 1. The van der Waals surface area contributed by atoms with Crippen LogP contribution >= 0.6 is 0 Å². The van der Waals surface area contributed by atoms with E-state index in [0.29, 0.717) is 19.6 Å². The van der Waals surface area contributed by atoms with Gasteiger partial charge in [0.1, 0.15) is 5.75 Å². The van der Waals surface area contributed by atoms with Crippen LogP contribution in [-0.2, 0) is 20.7 Å². The Morgan fingerprint density at radius 1 is 1.24 bits per heavy atom. The van der Waals surface area contributed by atoms with Gasteiger partial charge in [-0.3, -0.25) is 9.59 Å². The molecule has 0 bridgehead atoms. The molecule has 0 aliphatic rings. The lowest BCUT2D eigenvalue weighted by Gasteiger charge is -2.20. The summed E-state index contributed by atoms with van der Waals surface area (Å²) in [7, 11) is 3.04. The van der Waals surface area contributed by atoms with Gasteiger partial charge in [0.15, 0.2) is 0 Å². The van der Waals surface area contributed by atoms with Crippen molar-refractivity contribution >= 4 is 11.9 Å². The van der Waals surface area contributed by atoms with E-state index in [2.05, 4.69) is 4.74 Å². The van der Waals surface area contributed by atoms with Crippen molar-refractivity contribution in [1.82, 2.24) is 4.90 Å². The Balaban J connectivity index is 2.53. The molecule has 5 heteroatoms. The third-order valence-corrected chi connectivity index (χ3v) is 3.17. The summed E-state index contributed by atoms with van der Waals surface area (Å²) in [6, 6.07) is 7.45. The van der Waals surface area contributed by atoms with Gasteiger partial charge in [-0.1, -0.05) is 19.1 Å². The van der Waals surface area contributed by atoms with Crippen molar-refractivity contribution in [3.8, 4) is 5.75 Å². The van der Waals surface area contributed by atoms with Crippen molar-refractivity contribution in [2.24, 2.45) is 5.92 Å². The summed E-state index contributed by atoms with van der Waals surface area (Å²) in [6.07, 6.45) is 0.302. The van der Waals surface area contributed by atoms with Gasteiger partial charge >= 0.3 is 5.97 Å². The Morgan fingerprint density at radius 2 is 1.86 bits per heavy atom. The maximum atomic E-state index is 12.1. The second-order valence-electron chi connectivity index (χ2n) is 4.95. The van der Waals surface area contributed by atoms with Crippen LogP contribution in [0.2, 0.25) is 0 Å². The van der Waals surface area contributed by atoms with Crippen molar-refractivity contribution in [2.45, 2.75) is 20.3 Å². The molecule has 21 heavy (non-hydrogen) atoms. The summed E-state index contributed by atoms with van der Waals surface area (Å²) in [5, 5.41) is 0. The number of hydrogen-bond acceptors (Lipinski definition) is 4.